The fourth-order valence-corrected chi connectivity index (χ4v) is 18.0. The smallest absolute Gasteiger partial charge is 0.248 e. The van der Waals surface area contributed by atoms with Crippen molar-refractivity contribution in [1.82, 2.24) is 59.8 Å². The second-order valence-corrected chi connectivity index (χ2v) is 36.3. The first kappa shape index (κ1) is 88.8. The number of carbonyl (C=O) groups excluding carboxylic acids is 8. The number of thiazole rings is 3. The number of hydrogen-bond donors (Lipinski definition) is 5. The highest BCUT2D eigenvalue weighted by Crippen LogP contribution is 2.37. The van der Waals surface area contributed by atoms with Crippen LogP contribution in [0, 0.1) is 50.9 Å². The minimum atomic E-state index is -0.896. The van der Waals surface area contributed by atoms with Crippen molar-refractivity contribution in [2.45, 2.75) is 235 Å². The van der Waals surface area contributed by atoms with Crippen LogP contribution < -0.4 is 10.6 Å². The van der Waals surface area contributed by atoms with E-state index in [1.807, 2.05) is 187 Å². The SMILES string of the molecule is Cc1cnn([C@H](C(=O)N2C[C@H](O)C[C@H]2C(=O)C[C@@H](C)c2ccc(-c3scnc3C)cc2)C(C)C)c1.Cc1ncsc1-c1ccc(CCC(=O)[C@@H]2C[C@@H](O)CN2C(=O)[C@@H](NC(=O)[C@H](C)NC(=O)CC(C)(C)C)C(C)C)cc1.Cc1ncsc1-c1ccc([C@H](C)CC(=O)[C@@H]2C[C@@H](O)CN2C(=O)[C@H](C(C)C)n2cc(-c3ccccc3)cn2)cc1. The van der Waals surface area contributed by atoms with Crippen LogP contribution in [0.2, 0.25) is 0 Å². The highest BCUT2D eigenvalue weighted by Gasteiger charge is 2.46. The summed E-state index contributed by atoms with van der Waals surface area (Å²) in [4.78, 5) is 128. The lowest BCUT2D eigenvalue weighted by Crippen LogP contribution is -2.57. The molecule has 3 aliphatic rings. The Labute approximate surface area is 693 Å². The van der Waals surface area contributed by atoms with Gasteiger partial charge in [-0.05, 0) is 121 Å². The summed E-state index contributed by atoms with van der Waals surface area (Å²) < 4.78 is 3.39. The summed E-state index contributed by atoms with van der Waals surface area (Å²) in [7, 11) is 0. The molecule has 12 rings (SSSR count). The van der Waals surface area contributed by atoms with Crippen molar-refractivity contribution in [1.29, 1.82) is 0 Å². The number of aromatic nitrogens is 7. The number of aliphatic hydroxyl groups is 3. The van der Waals surface area contributed by atoms with Gasteiger partial charge in [-0.1, -0.05) is 179 Å². The molecule has 0 unspecified atom stereocenters. The second-order valence-electron chi connectivity index (χ2n) is 33.7. The summed E-state index contributed by atoms with van der Waals surface area (Å²) in [5.74, 6) is -1.93. The molecule has 0 bridgehead atoms. The van der Waals surface area contributed by atoms with Gasteiger partial charge in [0.25, 0.3) is 0 Å². The molecule has 3 saturated heterocycles. The molecule has 0 spiro atoms. The Hall–Kier alpha value is -9.57. The fourth-order valence-electron chi connectivity index (χ4n) is 15.5. The molecule has 0 radical (unpaired) electrons. The maximum Gasteiger partial charge on any atom is 0.248 e. The minimum Gasteiger partial charge on any atom is -0.391 e. The average molecular weight is 1640 g/mol. The lowest BCUT2D eigenvalue weighted by atomic mass is 9.91. The van der Waals surface area contributed by atoms with E-state index in [1.54, 1.807) is 72.5 Å². The van der Waals surface area contributed by atoms with E-state index in [-0.39, 0.29) is 122 Å². The Morgan fingerprint density at radius 3 is 1.27 bits per heavy atom. The Kier molecular flexibility index (Phi) is 30.3. The maximum absolute atomic E-state index is 13.9. The van der Waals surface area contributed by atoms with Gasteiger partial charge in [0.05, 0.1) is 97.1 Å². The zero-order chi connectivity index (χ0) is 84.1. The average Bonchev–Trinajstić information content (AvgIpc) is 1.64. The van der Waals surface area contributed by atoms with Crippen LogP contribution in [-0.4, -0.2) is 180 Å². The van der Waals surface area contributed by atoms with Crippen LogP contribution in [0.3, 0.4) is 0 Å². The van der Waals surface area contributed by atoms with Gasteiger partial charge in [-0.25, -0.2) is 15.0 Å². The van der Waals surface area contributed by atoms with Crippen molar-refractivity contribution in [2.75, 3.05) is 19.6 Å². The van der Waals surface area contributed by atoms with E-state index >= 15 is 0 Å². The first-order chi connectivity index (χ1) is 55.0. The maximum atomic E-state index is 13.9. The Balaban J connectivity index is 0.000000184. The van der Waals surface area contributed by atoms with Gasteiger partial charge in [-0.3, -0.25) is 47.7 Å². The summed E-state index contributed by atoms with van der Waals surface area (Å²) in [5.41, 5.74) is 17.7. The standard InChI is InChI=1S/C32H36N4O3S.C31H44N4O5S.C27H34N4O3S/c1-20(2)30(36-17-26(16-34-36)24-8-6-5-7-9-24)32(39)35-18-27(37)15-28(35)29(38)14-21(3)23-10-12-25(13-11-23)31-22(4)33-19-40-31;1-18(2)27(34-29(39)20(4)33-26(38)15-31(5,6)7)30(40)35-16-23(36)14-24(35)25(37)13-10-21-8-11-22(12-9-21)28-19(3)32-17-41-28;1-16(2)25(31-13-17(3)12-29-31)27(34)30-14-22(32)11-23(30)24(33)10-18(4)20-6-8-21(9-7-20)26-19(5)28-15-35-26/h5-13,16-17,19-21,27-28,30,37H,14-15,18H2,1-4H3;8-9,11-12,17-18,20,23-24,27,36H,10,13-16H2,1-7H3,(H,33,38)(H,34,39);6-9,12-13,15-16,18,22-23,25,32H,10-11,14H2,1-5H3/t21-,27-,28+,30+;20-,23+,24-,27-;18-,22-,23+,25+/m101/s1. The number of hydrogen-bond acceptors (Lipinski definition) is 19. The first-order valence-corrected chi connectivity index (χ1v) is 42.9. The molecule has 12 atom stereocenters. The van der Waals surface area contributed by atoms with Gasteiger partial charge in [-0.15, -0.1) is 34.0 Å². The van der Waals surface area contributed by atoms with Crippen LogP contribution in [0.4, 0.5) is 0 Å². The molecular formula is C90H114N12O11S3. The molecule has 618 valence electrons. The van der Waals surface area contributed by atoms with Gasteiger partial charge >= 0.3 is 0 Å². The molecule has 5 amide bonds. The third-order valence-corrected chi connectivity index (χ3v) is 24.8. The highest BCUT2D eigenvalue weighted by molar-refractivity contribution is 7.14. The first-order valence-electron chi connectivity index (χ1n) is 40.3. The molecule has 0 aliphatic carbocycles. The molecule has 3 fully saturated rings. The number of aryl methyl sites for hydroxylation is 5. The van der Waals surface area contributed by atoms with Gasteiger partial charge in [-0.2, -0.15) is 10.2 Å². The third kappa shape index (κ3) is 22.6. The summed E-state index contributed by atoms with van der Waals surface area (Å²) in [6.07, 6.45) is 7.36. The number of Topliss-reactive ketones (excluding diaryl/α,β-unsaturated/α-hetero) is 3. The zero-order valence-corrected chi connectivity index (χ0v) is 72.0. The van der Waals surface area contributed by atoms with Crippen molar-refractivity contribution >= 4 is 80.9 Å². The number of likely N-dealkylation sites (tertiary alicyclic amines) is 3. The van der Waals surface area contributed by atoms with E-state index in [2.05, 4.69) is 84.3 Å². The van der Waals surface area contributed by atoms with E-state index in [0.29, 0.717) is 19.3 Å². The zero-order valence-electron chi connectivity index (χ0n) is 69.6. The normalized spacial score (nSPS) is 19.0. The van der Waals surface area contributed by atoms with Crippen LogP contribution in [-0.2, 0) is 44.8 Å². The monoisotopic (exact) mass is 1630 g/mol. The largest absolute Gasteiger partial charge is 0.391 e. The van der Waals surface area contributed by atoms with E-state index in [4.69, 9.17) is 0 Å². The van der Waals surface area contributed by atoms with Gasteiger partial charge in [0.2, 0.25) is 29.5 Å². The molecule has 8 heterocycles. The van der Waals surface area contributed by atoms with Crippen molar-refractivity contribution in [3.05, 3.63) is 184 Å². The van der Waals surface area contributed by atoms with Crippen molar-refractivity contribution in [3.63, 3.8) is 0 Å². The number of β-amino-alcohol motifs (C(OH)–C–C–N with tert-alkyl or cyclic N) is 3. The van der Waals surface area contributed by atoms with Crippen molar-refractivity contribution in [3.8, 4) is 42.4 Å². The fraction of sp³-hybridized carbons (Fsp3) is 0.478. The molecule has 116 heavy (non-hydrogen) atoms. The van der Waals surface area contributed by atoms with Gasteiger partial charge in [0.15, 0.2) is 17.3 Å². The van der Waals surface area contributed by atoms with Crippen LogP contribution in [0.25, 0.3) is 42.4 Å². The van der Waals surface area contributed by atoms with Gasteiger partial charge in [0.1, 0.15) is 24.2 Å². The van der Waals surface area contributed by atoms with Gasteiger partial charge < -0.3 is 40.7 Å². The summed E-state index contributed by atoms with van der Waals surface area (Å²) in [6.45, 7) is 31.3. The molecule has 4 aromatic carbocycles. The number of ketones is 3. The predicted molar refractivity (Wildman–Crippen MR) is 455 cm³/mol. The van der Waals surface area contributed by atoms with E-state index in [1.165, 1.54) is 4.90 Å². The number of rotatable bonds is 28. The van der Waals surface area contributed by atoms with Crippen LogP contribution in [0.1, 0.15) is 191 Å². The quantitative estimate of drug-likeness (QED) is 0.0304. The lowest BCUT2D eigenvalue weighted by molar-refractivity contribution is -0.142. The van der Waals surface area contributed by atoms with E-state index in [9.17, 15) is 53.7 Å². The number of aliphatic hydroxyl groups excluding tert-OH is 3. The number of benzene rings is 4. The van der Waals surface area contributed by atoms with Crippen LogP contribution in [0.15, 0.2) is 144 Å². The van der Waals surface area contributed by atoms with E-state index < -0.39 is 72.4 Å². The second kappa shape index (κ2) is 39.6. The van der Waals surface area contributed by atoms with Crippen molar-refractivity contribution < 1.29 is 53.7 Å². The Morgan fingerprint density at radius 1 is 0.474 bits per heavy atom. The highest BCUT2D eigenvalue weighted by atomic mass is 32.1. The molecule has 5 aromatic heterocycles. The summed E-state index contributed by atoms with van der Waals surface area (Å²) in [6, 6.07) is 29.7. The van der Waals surface area contributed by atoms with Crippen LogP contribution in [0.5, 0.6) is 0 Å². The van der Waals surface area contributed by atoms with Gasteiger partial charge in [0, 0.05) is 82.5 Å². The number of nitrogens with zero attached hydrogens (tertiary/aromatic N) is 10. The Morgan fingerprint density at radius 2 is 0.879 bits per heavy atom. The topological polar surface area (TPSA) is 305 Å². The predicted octanol–water partition coefficient (Wildman–Crippen LogP) is 14.1. The Bertz CT molecular complexity index is 4830. The van der Waals surface area contributed by atoms with Crippen LogP contribution >= 0.6 is 34.0 Å². The molecule has 0 saturated carbocycles. The summed E-state index contributed by atoms with van der Waals surface area (Å²) in [5, 5.41) is 45.7. The molecule has 23 nitrogen and oxygen atoms in total. The number of nitrogens with one attached hydrogen (secondary N) is 2. The number of amides is 5. The van der Waals surface area contributed by atoms with E-state index in [0.717, 1.165) is 81.8 Å². The minimum absolute atomic E-state index is 0.00321. The molecule has 9 aromatic rings. The lowest BCUT2D eigenvalue weighted by Gasteiger charge is -2.31. The third-order valence-electron chi connectivity index (χ3n) is 21.9. The molecule has 5 N–H and O–H groups in total. The van der Waals surface area contributed by atoms with Crippen molar-refractivity contribution in [2.24, 2.45) is 23.2 Å². The number of carbonyl (C=O) groups is 8. The molecule has 26 heteroatoms. The molecule has 3 aliphatic heterocycles. The molecular weight excluding hydrogens is 1520 g/mol. The summed E-state index contributed by atoms with van der Waals surface area (Å²) >= 11 is 4.83.